The quantitative estimate of drug-likeness (QED) is 0.518. The van der Waals surface area contributed by atoms with Crippen LogP contribution < -0.4 is 5.32 Å². The molecule has 3 heterocycles. The number of carbonyl (C=O) groups excluding carboxylic acids is 1. The van der Waals surface area contributed by atoms with Crippen molar-refractivity contribution in [3.8, 4) is 0 Å². The number of thiophene rings is 1. The monoisotopic (exact) mass is 485 g/mol. The Morgan fingerprint density at radius 1 is 1.27 bits per heavy atom. The van der Waals surface area contributed by atoms with Crippen LogP contribution in [0.5, 0.6) is 0 Å². The summed E-state index contributed by atoms with van der Waals surface area (Å²) in [5, 5.41) is 8.77. The van der Waals surface area contributed by atoms with Gasteiger partial charge in [-0.15, -0.1) is 11.3 Å². The van der Waals surface area contributed by atoms with Crippen molar-refractivity contribution in [2.24, 2.45) is 5.92 Å². The first-order valence-corrected chi connectivity index (χ1v) is 13.3. The highest BCUT2D eigenvalue weighted by Crippen LogP contribution is 2.30. The van der Waals surface area contributed by atoms with Gasteiger partial charge in [-0.2, -0.15) is 4.31 Å². The van der Waals surface area contributed by atoms with Crippen molar-refractivity contribution in [1.82, 2.24) is 9.46 Å². The summed E-state index contributed by atoms with van der Waals surface area (Å²) < 4.78 is 33.7. The third kappa shape index (κ3) is 5.26. The Balaban J connectivity index is 1.50. The molecular formula is C24H27N3O4S2. The number of aromatic nitrogens is 1. The van der Waals surface area contributed by atoms with Crippen molar-refractivity contribution in [3.63, 3.8) is 0 Å². The first kappa shape index (κ1) is 23.4. The van der Waals surface area contributed by atoms with Crippen LogP contribution in [0.15, 0.2) is 51.2 Å². The summed E-state index contributed by atoms with van der Waals surface area (Å²) in [5.74, 6) is -0.396. The molecule has 1 aromatic carbocycles. The molecule has 1 unspecified atom stereocenters. The molecule has 1 atom stereocenters. The first-order chi connectivity index (χ1) is 15.9. The number of anilines is 1. The lowest BCUT2D eigenvalue weighted by Crippen LogP contribution is -2.43. The van der Waals surface area contributed by atoms with Crippen LogP contribution >= 0.6 is 11.3 Å². The van der Waals surface area contributed by atoms with Gasteiger partial charge in [0, 0.05) is 23.7 Å². The molecule has 0 spiro atoms. The van der Waals surface area contributed by atoms with Crippen LogP contribution in [-0.4, -0.2) is 36.9 Å². The van der Waals surface area contributed by atoms with Gasteiger partial charge in [-0.3, -0.25) is 4.79 Å². The second kappa shape index (κ2) is 10.0. The molecule has 1 amide bonds. The molecule has 0 radical (unpaired) electrons. The van der Waals surface area contributed by atoms with Gasteiger partial charge in [0.15, 0.2) is 10.7 Å². The third-order valence-electron chi connectivity index (χ3n) is 5.76. The predicted molar refractivity (Wildman–Crippen MR) is 130 cm³/mol. The van der Waals surface area contributed by atoms with Gasteiger partial charge < -0.3 is 9.84 Å². The Morgan fingerprint density at radius 3 is 2.76 bits per heavy atom. The van der Waals surface area contributed by atoms with E-state index in [-0.39, 0.29) is 23.1 Å². The zero-order chi connectivity index (χ0) is 23.4. The Bertz CT molecular complexity index is 1230. The summed E-state index contributed by atoms with van der Waals surface area (Å²) in [7, 11) is -3.87. The summed E-state index contributed by atoms with van der Waals surface area (Å²) in [6.07, 6.45) is 5.61. The standard InChI is InChI=1S/C24H27N3O4S2/c1-3-18-8-10-20(11-9-18)25-24(28)19-6-4-14-27(16-19)33(29,30)23-17(2)26-31-22(23)13-12-21-7-5-15-32-21/h5,7-13,15,19H,3-4,6,14,16H2,1-2H3,(H,25,28). The number of piperidine rings is 1. The predicted octanol–water partition coefficient (Wildman–Crippen LogP) is 4.82. The number of carbonyl (C=O) groups is 1. The minimum Gasteiger partial charge on any atom is -0.355 e. The third-order valence-corrected chi connectivity index (χ3v) is 8.62. The van der Waals surface area contributed by atoms with Crippen molar-refractivity contribution < 1.29 is 17.7 Å². The minimum absolute atomic E-state index is 0.0616. The number of hydrogen-bond donors (Lipinski definition) is 1. The zero-order valence-corrected chi connectivity index (χ0v) is 20.3. The zero-order valence-electron chi connectivity index (χ0n) is 18.7. The Morgan fingerprint density at radius 2 is 2.06 bits per heavy atom. The van der Waals surface area contributed by atoms with E-state index in [0.29, 0.717) is 30.8 Å². The van der Waals surface area contributed by atoms with Gasteiger partial charge in [-0.1, -0.05) is 30.3 Å². The number of rotatable bonds is 7. The van der Waals surface area contributed by atoms with Crippen molar-refractivity contribution in [3.05, 3.63) is 63.7 Å². The lowest BCUT2D eigenvalue weighted by Gasteiger charge is -2.31. The summed E-state index contributed by atoms with van der Waals surface area (Å²) in [6.45, 7) is 4.17. The highest BCUT2D eigenvalue weighted by molar-refractivity contribution is 7.89. The Labute approximate surface area is 198 Å². The molecule has 1 aliphatic rings. The van der Waals surface area contributed by atoms with Crippen LogP contribution in [-0.2, 0) is 21.2 Å². The Kier molecular flexibility index (Phi) is 7.11. The van der Waals surface area contributed by atoms with Crippen LogP contribution in [0.1, 0.15) is 41.7 Å². The number of benzene rings is 1. The van der Waals surface area contributed by atoms with Crippen molar-refractivity contribution in [1.29, 1.82) is 0 Å². The van der Waals surface area contributed by atoms with Crippen LogP contribution in [0.3, 0.4) is 0 Å². The molecule has 33 heavy (non-hydrogen) atoms. The lowest BCUT2D eigenvalue weighted by atomic mass is 9.98. The second-order valence-electron chi connectivity index (χ2n) is 8.05. The molecular weight excluding hydrogens is 458 g/mol. The van der Waals surface area contributed by atoms with Crippen LogP contribution in [0.25, 0.3) is 12.2 Å². The molecule has 3 aromatic rings. The SMILES string of the molecule is CCc1ccc(NC(=O)C2CCCN(S(=O)(=O)c3c(C)noc3C=Cc3cccs3)C2)cc1. The van der Waals surface area contributed by atoms with E-state index in [1.54, 1.807) is 30.4 Å². The highest BCUT2D eigenvalue weighted by atomic mass is 32.2. The van der Waals surface area contributed by atoms with E-state index in [4.69, 9.17) is 4.52 Å². The second-order valence-corrected chi connectivity index (χ2v) is 10.9. The number of nitrogens with zero attached hydrogens (tertiary/aromatic N) is 2. The number of amides is 1. The van der Waals surface area contributed by atoms with Gasteiger partial charge in [0.05, 0.1) is 5.92 Å². The van der Waals surface area contributed by atoms with E-state index in [1.807, 2.05) is 41.8 Å². The molecule has 4 rings (SSSR count). The molecule has 1 fully saturated rings. The fraction of sp³-hybridized carbons (Fsp3) is 0.333. The minimum atomic E-state index is -3.87. The average Bonchev–Trinajstić information content (AvgIpc) is 3.48. The van der Waals surface area contributed by atoms with E-state index in [2.05, 4.69) is 17.4 Å². The highest BCUT2D eigenvalue weighted by Gasteiger charge is 2.37. The number of sulfonamides is 1. The smallest absolute Gasteiger partial charge is 0.248 e. The van der Waals surface area contributed by atoms with Gasteiger partial charge in [-0.05, 0) is 67.5 Å². The molecule has 9 heteroatoms. The van der Waals surface area contributed by atoms with Gasteiger partial charge in [0.1, 0.15) is 5.69 Å². The van der Waals surface area contributed by atoms with Crippen molar-refractivity contribution in [2.45, 2.75) is 38.0 Å². The van der Waals surface area contributed by atoms with E-state index < -0.39 is 15.9 Å². The van der Waals surface area contributed by atoms with Crippen LogP contribution in [0, 0.1) is 12.8 Å². The summed E-state index contributed by atoms with van der Waals surface area (Å²) in [6, 6.07) is 11.6. The molecule has 174 valence electrons. The molecule has 7 nitrogen and oxygen atoms in total. The number of hydrogen-bond acceptors (Lipinski definition) is 6. The van der Waals surface area contributed by atoms with E-state index in [1.165, 1.54) is 9.87 Å². The molecule has 0 bridgehead atoms. The molecule has 1 saturated heterocycles. The van der Waals surface area contributed by atoms with Crippen molar-refractivity contribution >= 4 is 45.1 Å². The van der Waals surface area contributed by atoms with Crippen molar-refractivity contribution in [2.75, 3.05) is 18.4 Å². The van der Waals surface area contributed by atoms with Gasteiger partial charge in [0.2, 0.25) is 15.9 Å². The lowest BCUT2D eigenvalue weighted by molar-refractivity contribution is -0.120. The molecule has 0 saturated carbocycles. The van der Waals surface area contributed by atoms with Crippen LogP contribution in [0.4, 0.5) is 5.69 Å². The fourth-order valence-corrected chi connectivity index (χ4v) is 6.31. The maximum atomic E-state index is 13.5. The topological polar surface area (TPSA) is 92.5 Å². The maximum Gasteiger partial charge on any atom is 0.248 e. The summed E-state index contributed by atoms with van der Waals surface area (Å²) in [4.78, 5) is 13.9. The summed E-state index contributed by atoms with van der Waals surface area (Å²) in [5.41, 5.74) is 2.22. The van der Waals surface area contributed by atoms with Crippen LogP contribution in [0.2, 0.25) is 0 Å². The fourth-order valence-electron chi connectivity index (χ4n) is 3.91. The number of nitrogens with one attached hydrogen (secondary N) is 1. The molecule has 0 aliphatic carbocycles. The van der Waals surface area contributed by atoms with E-state index in [0.717, 1.165) is 11.3 Å². The van der Waals surface area contributed by atoms with E-state index >= 15 is 0 Å². The van der Waals surface area contributed by atoms with Gasteiger partial charge >= 0.3 is 0 Å². The normalized spacial score (nSPS) is 17.5. The maximum absolute atomic E-state index is 13.5. The average molecular weight is 486 g/mol. The largest absolute Gasteiger partial charge is 0.355 e. The number of aryl methyl sites for hydroxylation is 2. The first-order valence-electron chi connectivity index (χ1n) is 11.0. The Hall–Kier alpha value is -2.75. The molecule has 1 aliphatic heterocycles. The van der Waals surface area contributed by atoms with Gasteiger partial charge in [-0.25, -0.2) is 8.42 Å². The van der Waals surface area contributed by atoms with E-state index in [9.17, 15) is 13.2 Å². The van der Waals surface area contributed by atoms with Gasteiger partial charge in [0.25, 0.3) is 0 Å². The molecule has 1 N–H and O–H groups in total. The summed E-state index contributed by atoms with van der Waals surface area (Å²) >= 11 is 1.54. The molecule has 2 aromatic heterocycles.